The Hall–Kier alpha value is -3.20. The quantitative estimate of drug-likeness (QED) is 0.516. The van der Waals surface area contributed by atoms with E-state index in [0.29, 0.717) is 17.5 Å². The number of halogens is 1. The predicted molar refractivity (Wildman–Crippen MR) is 118 cm³/mol. The lowest BCUT2D eigenvalue weighted by Gasteiger charge is -2.17. The smallest absolute Gasteiger partial charge is 0.347 e. The maximum atomic E-state index is 14.4. The second-order valence-electron chi connectivity index (χ2n) is 7.20. The van der Waals surface area contributed by atoms with Crippen LogP contribution in [0.4, 0.5) is 4.39 Å². The fourth-order valence-electron chi connectivity index (χ4n) is 3.32. The topological polar surface area (TPSA) is 103 Å². The van der Waals surface area contributed by atoms with Gasteiger partial charge in [0.2, 0.25) is 0 Å². The number of hydrogen-bond acceptors (Lipinski definition) is 6. The maximum Gasteiger partial charge on any atom is 0.347 e. The second-order valence-corrected chi connectivity index (χ2v) is 9.48. The van der Waals surface area contributed by atoms with Crippen molar-refractivity contribution in [3.8, 4) is 5.75 Å². The van der Waals surface area contributed by atoms with Crippen molar-refractivity contribution in [2.45, 2.75) is 37.7 Å². The van der Waals surface area contributed by atoms with Gasteiger partial charge in [0.05, 0.1) is 28.7 Å². The highest BCUT2D eigenvalue weighted by Crippen LogP contribution is 2.26. The van der Waals surface area contributed by atoms with Gasteiger partial charge in [-0.3, -0.25) is 4.79 Å². The number of H-pyrrole nitrogens is 1. The number of pyridine rings is 1. The number of sulfone groups is 1. The van der Waals surface area contributed by atoms with E-state index in [-0.39, 0.29) is 33.7 Å². The third-order valence-electron chi connectivity index (χ3n) is 5.19. The Morgan fingerprint density at radius 3 is 2.41 bits per heavy atom. The summed E-state index contributed by atoms with van der Waals surface area (Å²) < 4.78 is 48.8. The number of benzene rings is 2. The highest BCUT2D eigenvalue weighted by atomic mass is 32.2. The van der Waals surface area contributed by atoms with Crippen molar-refractivity contribution < 1.29 is 27.1 Å². The largest absolute Gasteiger partial charge is 0.478 e. The molecule has 0 bridgehead atoms. The molecule has 7 nitrogen and oxygen atoms in total. The molecule has 1 heterocycles. The normalized spacial score (nSPS) is 12.5. The first-order valence-corrected chi connectivity index (χ1v) is 11.8. The van der Waals surface area contributed by atoms with Gasteiger partial charge in [-0.1, -0.05) is 26.0 Å². The Morgan fingerprint density at radius 2 is 1.81 bits per heavy atom. The molecule has 1 N–H and O–H groups in total. The molecule has 3 aromatic rings. The van der Waals surface area contributed by atoms with E-state index in [1.54, 1.807) is 26.0 Å². The third kappa shape index (κ3) is 4.67. The van der Waals surface area contributed by atoms with Gasteiger partial charge >= 0.3 is 5.97 Å². The molecule has 1 aromatic heterocycles. The number of nitrogens with one attached hydrogen (secondary N) is 1. The Balaban J connectivity index is 2.02. The molecule has 0 fully saturated rings. The lowest BCUT2D eigenvalue weighted by Crippen LogP contribution is -2.28. The molecule has 0 saturated heterocycles. The number of aromatic amines is 1. The van der Waals surface area contributed by atoms with Gasteiger partial charge in [-0.15, -0.1) is 0 Å². The van der Waals surface area contributed by atoms with Gasteiger partial charge in [0.1, 0.15) is 11.6 Å². The minimum atomic E-state index is -3.32. The Labute approximate surface area is 185 Å². The summed E-state index contributed by atoms with van der Waals surface area (Å²) in [6.45, 7) is 3.30. The molecule has 32 heavy (non-hydrogen) atoms. The molecule has 9 heteroatoms. The van der Waals surface area contributed by atoms with Crippen molar-refractivity contribution in [3.63, 3.8) is 0 Å². The van der Waals surface area contributed by atoms with Gasteiger partial charge in [-0.25, -0.2) is 17.6 Å². The molecule has 0 aliphatic heterocycles. The van der Waals surface area contributed by atoms with Crippen molar-refractivity contribution in [2.24, 2.45) is 0 Å². The number of esters is 1. The monoisotopic (exact) mass is 461 g/mol. The van der Waals surface area contributed by atoms with Crippen LogP contribution in [0, 0.1) is 5.82 Å². The van der Waals surface area contributed by atoms with Gasteiger partial charge in [0.15, 0.2) is 21.4 Å². The SMILES string of the molecule is CCC(Oc1ccc(F)c2[nH]cc(Cc3ccc(S(=O)(=O)CC)cc3)c(=O)c12)C(=O)OC. The molecule has 170 valence electrons. The molecule has 3 rings (SSSR count). The van der Waals surface area contributed by atoms with Crippen LogP contribution in [0.15, 0.2) is 52.3 Å². The summed E-state index contributed by atoms with van der Waals surface area (Å²) in [6, 6.07) is 8.75. The lowest BCUT2D eigenvalue weighted by atomic mass is 10.0. The van der Waals surface area contributed by atoms with E-state index in [9.17, 15) is 22.4 Å². The minimum absolute atomic E-state index is 0.00460. The van der Waals surface area contributed by atoms with E-state index in [2.05, 4.69) is 4.98 Å². The molecule has 0 spiro atoms. The van der Waals surface area contributed by atoms with E-state index in [1.807, 2.05) is 0 Å². The van der Waals surface area contributed by atoms with Crippen LogP contribution in [0.5, 0.6) is 5.75 Å². The van der Waals surface area contributed by atoms with E-state index in [1.165, 1.54) is 31.5 Å². The number of methoxy groups -OCH3 is 1. The molecule has 0 aliphatic carbocycles. The zero-order valence-electron chi connectivity index (χ0n) is 18.0. The highest BCUT2D eigenvalue weighted by molar-refractivity contribution is 7.91. The number of aromatic nitrogens is 1. The number of carbonyl (C=O) groups is 1. The van der Waals surface area contributed by atoms with Crippen molar-refractivity contribution in [1.82, 2.24) is 4.98 Å². The second kappa shape index (κ2) is 9.52. The summed E-state index contributed by atoms with van der Waals surface area (Å²) in [4.78, 5) is 28.1. The van der Waals surface area contributed by atoms with Crippen LogP contribution in [0.1, 0.15) is 31.4 Å². The molecule has 0 radical (unpaired) electrons. The molecule has 0 aliphatic rings. The van der Waals surface area contributed by atoms with E-state index in [4.69, 9.17) is 9.47 Å². The first-order chi connectivity index (χ1) is 15.2. The van der Waals surface area contributed by atoms with Crippen LogP contribution in [0.2, 0.25) is 0 Å². The number of fused-ring (bicyclic) bond motifs is 1. The first kappa shape index (κ1) is 23.5. The van der Waals surface area contributed by atoms with Crippen molar-refractivity contribution in [1.29, 1.82) is 0 Å². The number of hydrogen-bond donors (Lipinski definition) is 1. The summed E-state index contributed by atoms with van der Waals surface area (Å²) in [5, 5.41) is -0.00460. The molecule has 0 saturated carbocycles. The van der Waals surface area contributed by atoms with Gasteiger partial charge in [-0.2, -0.15) is 0 Å². The predicted octanol–water partition coefficient (Wildman–Crippen LogP) is 3.38. The number of carbonyl (C=O) groups excluding carboxylic acids is 1. The van der Waals surface area contributed by atoms with Crippen LogP contribution >= 0.6 is 0 Å². The summed E-state index contributed by atoms with van der Waals surface area (Å²) in [7, 11) is -2.09. The molecular formula is C23H24FNO6S. The van der Waals surface area contributed by atoms with Crippen LogP contribution in [-0.4, -0.2) is 38.3 Å². The first-order valence-electron chi connectivity index (χ1n) is 10.1. The van der Waals surface area contributed by atoms with Gasteiger partial charge < -0.3 is 14.5 Å². The number of rotatable bonds is 8. The molecule has 1 atom stereocenters. The lowest BCUT2D eigenvalue weighted by molar-refractivity contribution is -0.148. The molecular weight excluding hydrogens is 437 g/mol. The molecule has 0 amide bonds. The van der Waals surface area contributed by atoms with Crippen LogP contribution in [-0.2, 0) is 25.8 Å². The van der Waals surface area contributed by atoms with Crippen LogP contribution < -0.4 is 10.2 Å². The average Bonchev–Trinajstić information content (AvgIpc) is 2.80. The minimum Gasteiger partial charge on any atom is -0.478 e. The highest BCUT2D eigenvalue weighted by Gasteiger charge is 2.22. The van der Waals surface area contributed by atoms with Crippen LogP contribution in [0.3, 0.4) is 0 Å². The van der Waals surface area contributed by atoms with Crippen molar-refractivity contribution in [3.05, 3.63) is 69.8 Å². The Kier molecular flexibility index (Phi) is 6.98. The standard InChI is InChI=1S/C23H24FNO6S/c1-4-18(23(27)30-3)31-19-11-10-17(24)21-20(19)22(26)15(13-25-21)12-14-6-8-16(9-7-14)32(28,29)5-2/h6-11,13,18H,4-5,12H2,1-3H3,(H,25,26). The van der Waals surface area contributed by atoms with E-state index in [0.717, 1.165) is 6.07 Å². The van der Waals surface area contributed by atoms with Gasteiger partial charge in [-0.05, 0) is 36.2 Å². The van der Waals surface area contributed by atoms with E-state index < -0.39 is 33.2 Å². The third-order valence-corrected chi connectivity index (χ3v) is 6.94. The summed E-state index contributed by atoms with van der Waals surface area (Å²) in [5.74, 6) is -1.16. The van der Waals surface area contributed by atoms with E-state index >= 15 is 0 Å². The van der Waals surface area contributed by atoms with Crippen molar-refractivity contribution in [2.75, 3.05) is 12.9 Å². The van der Waals surface area contributed by atoms with Gasteiger partial charge in [0, 0.05) is 18.2 Å². The van der Waals surface area contributed by atoms with Crippen LogP contribution in [0.25, 0.3) is 10.9 Å². The Bertz CT molecular complexity index is 1300. The average molecular weight is 462 g/mol. The fourth-order valence-corrected chi connectivity index (χ4v) is 4.21. The zero-order chi connectivity index (χ0) is 23.5. The number of ether oxygens (including phenoxy) is 2. The van der Waals surface area contributed by atoms with Crippen molar-refractivity contribution >= 4 is 26.7 Å². The zero-order valence-corrected chi connectivity index (χ0v) is 18.8. The Morgan fingerprint density at radius 1 is 1.12 bits per heavy atom. The summed E-state index contributed by atoms with van der Waals surface area (Å²) in [5.41, 5.74) is 0.577. The fraction of sp³-hybridized carbons (Fsp3) is 0.304. The summed E-state index contributed by atoms with van der Waals surface area (Å²) in [6.07, 6.45) is 0.980. The molecule has 1 unspecified atom stereocenters. The molecule has 2 aromatic carbocycles. The maximum absolute atomic E-state index is 14.4. The van der Waals surface area contributed by atoms with Gasteiger partial charge in [0.25, 0.3) is 0 Å². The summed E-state index contributed by atoms with van der Waals surface area (Å²) >= 11 is 0.